The van der Waals surface area contributed by atoms with E-state index in [0.29, 0.717) is 11.3 Å². The molecule has 0 spiro atoms. The molecule has 1 rings (SSSR count). The monoisotopic (exact) mass is 168 g/mol. The Hall–Kier alpha value is -0.330. The van der Waals surface area contributed by atoms with Gasteiger partial charge in [0, 0.05) is 5.41 Å². The highest BCUT2D eigenvalue weighted by Crippen LogP contribution is 2.52. The number of carbonyl (C=O) groups excluding carboxylic acids is 1. The first-order chi connectivity index (χ1) is 5.40. The number of aldehydes is 1. The van der Waals surface area contributed by atoms with Crippen molar-refractivity contribution < 1.29 is 4.79 Å². The smallest absolute Gasteiger partial charge is 0.126 e. The lowest BCUT2D eigenvalue weighted by Crippen LogP contribution is -2.20. The van der Waals surface area contributed by atoms with E-state index in [0.717, 1.165) is 19.3 Å². The Bertz CT molecular complexity index is 172. The van der Waals surface area contributed by atoms with Crippen molar-refractivity contribution >= 4 is 6.29 Å². The van der Waals surface area contributed by atoms with Crippen molar-refractivity contribution in [1.82, 2.24) is 0 Å². The second-order valence-corrected chi connectivity index (χ2v) is 5.52. The SMILES string of the molecule is CC(CC(C)(C)C)C1(C=O)CC1. The zero-order valence-corrected chi connectivity index (χ0v) is 8.68. The molecule has 0 aromatic heterocycles. The van der Waals surface area contributed by atoms with Gasteiger partial charge < -0.3 is 4.79 Å². The number of hydrogen-bond acceptors (Lipinski definition) is 1. The van der Waals surface area contributed by atoms with Gasteiger partial charge in [0.15, 0.2) is 0 Å². The molecule has 1 aliphatic rings. The zero-order chi connectivity index (χ0) is 9.41. The third-order valence-corrected chi connectivity index (χ3v) is 2.96. The van der Waals surface area contributed by atoms with Crippen LogP contribution in [0.1, 0.15) is 47.0 Å². The average Bonchev–Trinajstić information content (AvgIpc) is 2.62. The molecule has 0 heterocycles. The topological polar surface area (TPSA) is 17.1 Å². The van der Waals surface area contributed by atoms with Gasteiger partial charge >= 0.3 is 0 Å². The molecule has 1 fully saturated rings. The van der Waals surface area contributed by atoms with Gasteiger partial charge in [-0.25, -0.2) is 0 Å². The van der Waals surface area contributed by atoms with Gasteiger partial charge in [-0.2, -0.15) is 0 Å². The minimum Gasteiger partial charge on any atom is -0.303 e. The van der Waals surface area contributed by atoms with Crippen molar-refractivity contribution in [3.63, 3.8) is 0 Å². The molecule has 0 aliphatic heterocycles. The summed E-state index contributed by atoms with van der Waals surface area (Å²) >= 11 is 0. The Morgan fingerprint density at radius 3 is 2.17 bits per heavy atom. The maximum Gasteiger partial charge on any atom is 0.126 e. The molecule has 0 amide bonds. The zero-order valence-electron chi connectivity index (χ0n) is 8.68. The highest BCUT2D eigenvalue weighted by Gasteiger charge is 2.47. The predicted octanol–water partition coefficient (Wildman–Crippen LogP) is 3.04. The van der Waals surface area contributed by atoms with Crippen LogP contribution in [-0.4, -0.2) is 6.29 Å². The molecule has 1 nitrogen and oxygen atoms in total. The lowest BCUT2D eigenvalue weighted by Gasteiger charge is -2.26. The second kappa shape index (κ2) is 2.86. The normalized spacial score (nSPS) is 23.3. The fourth-order valence-corrected chi connectivity index (χ4v) is 1.99. The Labute approximate surface area is 75.5 Å². The highest BCUT2D eigenvalue weighted by molar-refractivity contribution is 5.63. The predicted molar refractivity (Wildman–Crippen MR) is 51.0 cm³/mol. The number of hydrogen-bond donors (Lipinski definition) is 0. The maximum absolute atomic E-state index is 10.8. The summed E-state index contributed by atoms with van der Waals surface area (Å²) in [6, 6.07) is 0. The van der Waals surface area contributed by atoms with Gasteiger partial charge in [0.25, 0.3) is 0 Å². The van der Waals surface area contributed by atoms with Crippen LogP contribution in [0, 0.1) is 16.7 Å². The highest BCUT2D eigenvalue weighted by atomic mass is 16.1. The molecular weight excluding hydrogens is 148 g/mol. The van der Waals surface area contributed by atoms with E-state index in [1.165, 1.54) is 6.29 Å². The van der Waals surface area contributed by atoms with E-state index in [1.807, 2.05) is 0 Å². The molecule has 1 saturated carbocycles. The number of rotatable bonds is 3. The second-order valence-electron chi connectivity index (χ2n) is 5.52. The Balaban J connectivity index is 2.49. The van der Waals surface area contributed by atoms with Crippen LogP contribution in [0.2, 0.25) is 0 Å². The fourth-order valence-electron chi connectivity index (χ4n) is 1.99. The van der Waals surface area contributed by atoms with E-state index >= 15 is 0 Å². The standard InChI is InChI=1S/C11H20O/c1-9(7-10(2,3)4)11(8-12)5-6-11/h8-9H,5-7H2,1-4H3. The van der Waals surface area contributed by atoms with Crippen molar-refractivity contribution in [1.29, 1.82) is 0 Å². The lowest BCUT2D eigenvalue weighted by molar-refractivity contribution is -0.114. The Morgan fingerprint density at radius 2 is 1.92 bits per heavy atom. The molecule has 1 unspecified atom stereocenters. The summed E-state index contributed by atoms with van der Waals surface area (Å²) in [6.07, 6.45) is 4.58. The molecule has 1 heteroatoms. The van der Waals surface area contributed by atoms with Gasteiger partial charge in [0.05, 0.1) is 0 Å². The fraction of sp³-hybridized carbons (Fsp3) is 0.909. The van der Waals surface area contributed by atoms with E-state index in [-0.39, 0.29) is 5.41 Å². The van der Waals surface area contributed by atoms with E-state index in [1.54, 1.807) is 0 Å². The van der Waals surface area contributed by atoms with Crippen LogP contribution in [0.4, 0.5) is 0 Å². The van der Waals surface area contributed by atoms with E-state index in [4.69, 9.17) is 0 Å². The van der Waals surface area contributed by atoms with Gasteiger partial charge in [0.2, 0.25) is 0 Å². The molecule has 0 aromatic rings. The molecular formula is C11H20O. The molecule has 0 bridgehead atoms. The molecule has 0 saturated heterocycles. The van der Waals surface area contributed by atoms with Crippen LogP contribution in [0.25, 0.3) is 0 Å². The van der Waals surface area contributed by atoms with Crippen LogP contribution >= 0.6 is 0 Å². The third kappa shape index (κ3) is 2.09. The van der Waals surface area contributed by atoms with Crippen LogP contribution in [-0.2, 0) is 4.79 Å². The molecule has 12 heavy (non-hydrogen) atoms. The number of carbonyl (C=O) groups is 1. The van der Waals surface area contributed by atoms with Gasteiger partial charge in [-0.3, -0.25) is 0 Å². The largest absolute Gasteiger partial charge is 0.303 e. The Morgan fingerprint density at radius 1 is 1.42 bits per heavy atom. The van der Waals surface area contributed by atoms with Crippen LogP contribution < -0.4 is 0 Å². The quantitative estimate of drug-likeness (QED) is 0.592. The van der Waals surface area contributed by atoms with Crippen molar-refractivity contribution in [3.05, 3.63) is 0 Å². The van der Waals surface area contributed by atoms with Crippen molar-refractivity contribution in [3.8, 4) is 0 Å². The van der Waals surface area contributed by atoms with Crippen molar-refractivity contribution in [2.24, 2.45) is 16.7 Å². The third-order valence-electron chi connectivity index (χ3n) is 2.96. The first kappa shape index (κ1) is 9.76. The summed E-state index contributed by atoms with van der Waals surface area (Å²) in [5.41, 5.74) is 0.436. The van der Waals surface area contributed by atoms with Gasteiger partial charge in [-0.1, -0.05) is 27.7 Å². The van der Waals surface area contributed by atoms with Crippen LogP contribution in [0.3, 0.4) is 0 Å². The summed E-state index contributed by atoms with van der Waals surface area (Å²) in [5, 5.41) is 0. The van der Waals surface area contributed by atoms with Crippen molar-refractivity contribution in [2.75, 3.05) is 0 Å². The van der Waals surface area contributed by atoms with Crippen LogP contribution in [0.15, 0.2) is 0 Å². The molecule has 0 N–H and O–H groups in total. The minimum absolute atomic E-state index is 0.0767. The summed E-state index contributed by atoms with van der Waals surface area (Å²) in [5.74, 6) is 0.565. The first-order valence-electron chi connectivity index (χ1n) is 4.86. The first-order valence-corrected chi connectivity index (χ1v) is 4.86. The van der Waals surface area contributed by atoms with E-state index < -0.39 is 0 Å². The summed E-state index contributed by atoms with van der Waals surface area (Å²) < 4.78 is 0. The molecule has 0 aromatic carbocycles. The summed E-state index contributed by atoms with van der Waals surface area (Å²) in [7, 11) is 0. The van der Waals surface area contributed by atoms with Crippen molar-refractivity contribution in [2.45, 2.75) is 47.0 Å². The average molecular weight is 168 g/mol. The molecule has 1 atom stereocenters. The van der Waals surface area contributed by atoms with Gasteiger partial charge in [-0.05, 0) is 30.6 Å². The molecule has 70 valence electrons. The van der Waals surface area contributed by atoms with E-state index in [9.17, 15) is 4.79 Å². The molecule has 0 radical (unpaired) electrons. The van der Waals surface area contributed by atoms with Gasteiger partial charge in [-0.15, -0.1) is 0 Å². The summed E-state index contributed by atoms with van der Waals surface area (Å²) in [6.45, 7) is 8.94. The van der Waals surface area contributed by atoms with E-state index in [2.05, 4.69) is 27.7 Å². The lowest BCUT2D eigenvalue weighted by atomic mass is 9.78. The minimum atomic E-state index is 0.0767. The van der Waals surface area contributed by atoms with Gasteiger partial charge in [0.1, 0.15) is 6.29 Å². The molecule has 1 aliphatic carbocycles. The van der Waals surface area contributed by atoms with Crippen LogP contribution in [0.5, 0.6) is 0 Å². The maximum atomic E-state index is 10.8. The summed E-state index contributed by atoms with van der Waals surface area (Å²) in [4.78, 5) is 10.8. The Kier molecular flexibility index (Phi) is 2.33.